The molecule has 1 atom stereocenters. The number of rotatable bonds is 10. The molecule has 0 aromatic heterocycles. The zero-order chi connectivity index (χ0) is 10.6. The number of ether oxygens (including phenoxy) is 1. The highest BCUT2D eigenvalue weighted by Gasteiger charge is 2.01. The molecule has 0 saturated heterocycles. The first-order valence-electron chi connectivity index (χ1n) is 5.94. The van der Waals surface area contributed by atoms with Gasteiger partial charge in [-0.25, -0.2) is 0 Å². The molecular weight excluding hydrogens is 240 g/mol. The molecule has 0 aromatic rings. The summed E-state index contributed by atoms with van der Waals surface area (Å²) in [5.41, 5.74) is 0. The van der Waals surface area contributed by atoms with Gasteiger partial charge in [-0.3, -0.25) is 0 Å². The number of methoxy groups -OCH3 is 1. The Balaban J connectivity index is 2.98. The molecule has 0 N–H and O–H groups in total. The van der Waals surface area contributed by atoms with Crippen molar-refractivity contribution in [1.82, 2.24) is 0 Å². The standard InChI is InChI=1S/C12H25BrO/c1-3-4-5-6-7-8-9-10-12(13)11-14-2/h12H,3-11H2,1-2H3. The molecule has 14 heavy (non-hydrogen) atoms. The van der Waals surface area contributed by atoms with Crippen molar-refractivity contribution >= 4 is 15.9 Å². The van der Waals surface area contributed by atoms with E-state index in [2.05, 4.69) is 22.9 Å². The largest absolute Gasteiger partial charge is 0.384 e. The van der Waals surface area contributed by atoms with E-state index in [4.69, 9.17) is 4.74 Å². The topological polar surface area (TPSA) is 9.23 Å². The fraction of sp³-hybridized carbons (Fsp3) is 1.00. The average molecular weight is 265 g/mol. The first-order valence-corrected chi connectivity index (χ1v) is 6.85. The molecule has 0 aromatic carbocycles. The third kappa shape index (κ3) is 10.5. The zero-order valence-electron chi connectivity index (χ0n) is 9.73. The molecule has 86 valence electrons. The molecule has 0 saturated carbocycles. The van der Waals surface area contributed by atoms with E-state index in [1.807, 2.05) is 0 Å². The van der Waals surface area contributed by atoms with E-state index in [0.29, 0.717) is 4.83 Å². The Morgan fingerprint density at radius 2 is 1.57 bits per heavy atom. The second-order valence-corrected chi connectivity index (χ2v) is 5.26. The highest BCUT2D eigenvalue weighted by molar-refractivity contribution is 9.09. The Labute approximate surface area is 97.7 Å². The maximum atomic E-state index is 5.07. The van der Waals surface area contributed by atoms with Crippen LogP contribution in [0.2, 0.25) is 0 Å². The van der Waals surface area contributed by atoms with Gasteiger partial charge in [0.15, 0.2) is 0 Å². The predicted molar refractivity (Wildman–Crippen MR) is 67.2 cm³/mol. The van der Waals surface area contributed by atoms with Crippen molar-refractivity contribution < 1.29 is 4.74 Å². The summed E-state index contributed by atoms with van der Waals surface area (Å²) in [5.74, 6) is 0. The molecule has 0 fully saturated rings. The molecule has 0 amide bonds. The number of hydrogen-bond acceptors (Lipinski definition) is 1. The molecule has 0 aliphatic carbocycles. The van der Waals surface area contributed by atoms with Gasteiger partial charge in [-0.2, -0.15) is 0 Å². The molecule has 0 rings (SSSR count). The average Bonchev–Trinajstić information content (AvgIpc) is 2.17. The van der Waals surface area contributed by atoms with Gasteiger partial charge in [-0.1, -0.05) is 67.8 Å². The van der Waals surface area contributed by atoms with Crippen LogP contribution in [-0.2, 0) is 4.74 Å². The van der Waals surface area contributed by atoms with E-state index in [1.165, 1.54) is 51.4 Å². The van der Waals surface area contributed by atoms with Crippen LogP contribution in [0, 0.1) is 0 Å². The van der Waals surface area contributed by atoms with Gasteiger partial charge in [0.1, 0.15) is 0 Å². The zero-order valence-corrected chi connectivity index (χ0v) is 11.3. The van der Waals surface area contributed by atoms with Gasteiger partial charge in [0, 0.05) is 11.9 Å². The number of unbranched alkanes of at least 4 members (excludes halogenated alkanes) is 6. The van der Waals surface area contributed by atoms with Crippen molar-refractivity contribution in [1.29, 1.82) is 0 Å². The van der Waals surface area contributed by atoms with E-state index >= 15 is 0 Å². The van der Waals surface area contributed by atoms with Crippen molar-refractivity contribution in [3.8, 4) is 0 Å². The fourth-order valence-corrected chi connectivity index (χ4v) is 2.18. The first kappa shape index (κ1) is 14.4. The van der Waals surface area contributed by atoms with Gasteiger partial charge in [0.2, 0.25) is 0 Å². The van der Waals surface area contributed by atoms with Gasteiger partial charge < -0.3 is 4.74 Å². The molecule has 0 aliphatic heterocycles. The van der Waals surface area contributed by atoms with Crippen LogP contribution in [-0.4, -0.2) is 18.5 Å². The summed E-state index contributed by atoms with van der Waals surface area (Å²) in [7, 11) is 1.76. The second-order valence-electron chi connectivity index (χ2n) is 3.96. The van der Waals surface area contributed by atoms with Crippen LogP contribution in [0.3, 0.4) is 0 Å². The summed E-state index contributed by atoms with van der Waals surface area (Å²) >= 11 is 3.61. The van der Waals surface area contributed by atoms with Gasteiger partial charge in [-0.05, 0) is 6.42 Å². The summed E-state index contributed by atoms with van der Waals surface area (Å²) in [6.07, 6.45) is 11.0. The summed E-state index contributed by atoms with van der Waals surface area (Å²) in [6.45, 7) is 3.11. The SMILES string of the molecule is CCCCCCCCCC(Br)COC. The Hall–Kier alpha value is 0.440. The highest BCUT2D eigenvalue weighted by Crippen LogP contribution is 2.13. The third-order valence-corrected chi connectivity index (χ3v) is 3.19. The first-order chi connectivity index (χ1) is 6.81. The smallest absolute Gasteiger partial charge is 0.0587 e. The lowest BCUT2D eigenvalue weighted by molar-refractivity contribution is 0.197. The number of alkyl halides is 1. The monoisotopic (exact) mass is 264 g/mol. The maximum absolute atomic E-state index is 5.07. The molecule has 2 heteroatoms. The van der Waals surface area contributed by atoms with E-state index < -0.39 is 0 Å². The Kier molecular flexibility index (Phi) is 11.9. The van der Waals surface area contributed by atoms with Crippen LogP contribution in [0.1, 0.15) is 58.3 Å². The third-order valence-electron chi connectivity index (χ3n) is 2.47. The van der Waals surface area contributed by atoms with E-state index in [1.54, 1.807) is 7.11 Å². The molecule has 1 nitrogen and oxygen atoms in total. The normalized spacial score (nSPS) is 13.1. The lowest BCUT2D eigenvalue weighted by atomic mass is 10.1. The predicted octanol–water partition coefficient (Wildman–Crippen LogP) is 4.54. The van der Waals surface area contributed by atoms with E-state index in [-0.39, 0.29) is 0 Å². The molecular formula is C12H25BrO. The van der Waals surface area contributed by atoms with E-state index in [9.17, 15) is 0 Å². The molecule has 0 aliphatic rings. The van der Waals surface area contributed by atoms with Crippen molar-refractivity contribution in [2.75, 3.05) is 13.7 Å². The maximum Gasteiger partial charge on any atom is 0.0587 e. The molecule has 0 bridgehead atoms. The Morgan fingerprint density at radius 3 is 2.14 bits per heavy atom. The van der Waals surface area contributed by atoms with Crippen molar-refractivity contribution in [2.24, 2.45) is 0 Å². The van der Waals surface area contributed by atoms with E-state index in [0.717, 1.165) is 6.61 Å². The van der Waals surface area contributed by atoms with Gasteiger partial charge in [0.25, 0.3) is 0 Å². The number of hydrogen-bond donors (Lipinski definition) is 0. The minimum atomic E-state index is 0.558. The summed E-state index contributed by atoms with van der Waals surface area (Å²) < 4.78 is 5.07. The van der Waals surface area contributed by atoms with Gasteiger partial charge in [-0.15, -0.1) is 0 Å². The van der Waals surface area contributed by atoms with Crippen LogP contribution in [0.15, 0.2) is 0 Å². The van der Waals surface area contributed by atoms with Gasteiger partial charge >= 0.3 is 0 Å². The lowest BCUT2D eigenvalue weighted by Gasteiger charge is -2.07. The van der Waals surface area contributed by atoms with Crippen LogP contribution in [0.5, 0.6) is 0 Å². The Morgan fingerprint density at radius 1 is 1.00 bits per heavy atom. The minimum Gasteiger partial charge on any atom is -0.384 e. The van der Waals surface area contributed by atoms with Crippen LogP contribution >= 0.6 is 15.9 Å². The van der Waals surface area contributed by atoms with Crippen LogP contribution in [0.25, 0.3) is 0 Å². The Bertz CT molecular complexity index is 106. The quantitative estimate of drug-likeness (QED) is 0.416. The highest BCUT2D eigenvalue weighted by atomic mass is 79.9. The van der Waals surface area contributed by atoms with Crippen molar-refractivity contribution in [3.05, 3.63) is 0 Å². The van der Waals surface area contributed by atoms with Crippen LogP contribution < -0.4 is 0 Å². The summed E-state index contributed by atoms with van der Waals surface area (Å²) in [4.78, 5) is 0.558. The van der Waals surface area contributed by atoms with Crippen molar-refractivity contribution in [3.63, 3.8) is 0 Å². The fourth-order valence-electron chi connectivity index (χ4n) is 1.59. The molecule has 0 spiro atoms. The van der Waals surface area contributed by atoms with Crippen LogP contribution in [0.4, 0.5) is 0 Å². The molecule has 0 radical (unpaired) electrons. The molecule has 0 heterocycles. The second kappa shape index (κ2) is 11.5. The summed E-state index contributed by atoms with van der Waals surface area (Å²) in [6, 6.07) is 0. The number of halogens is 1. The van der Waals surface area contributed by atoms with Crippen molar-refractivity contribution in [2.45, 2.75) is 63.1 Å². The molecule has 1 unspecified atom stereocenters. The summed E-state index contributed by atoms with van der Waals surface area (Å²) in [5, 5.41) is 0. The minimum absolute atomic E-state index is 0.558. The van der Waals surface area contributed by atoms with Gasteiger partial charge in [0.05, 0.1) is 6.61 Å². The lowest BCUT2D eigenvalue weighted by Crippen LogP contribution is -2.05.